The van der Waals surface area contributed by atoms with E-state index in [0.717, 1.165) is 5.56 Å². The number of nitrogens with one attached hydrogen (secondary N) is 2. The third kappa shape index (κ3) is 3.49. The molecule has 0 aromatic heterocycles. The lowest BCUT2D eigenvalue weighted by atomic mass is 9.82. The standard InChI is InChI=1S/C24H20N2O4/c27-13-12-25-21-19(24(30)26-14-15-6-2-1-3-7-15)11-10-18-20(21)23(29)17-9-5-4-8-16(17)22(18)28/h1-11,25,27H,12-14H2,(H,26,30). The number of hydrogen-bond donors (Lipinski definition) is 3. The van der Waals surface area contributed by atoms with Gasteiger partial charge in [-0.05, 0) is 17.7 Å². The molecule has 0 atom stereocenters. The number of carbonyl (C=O) groups is 3. The molecule has 0 saturated carbocycles. The Morgan fingerprint density at radius 2 is 1.47 bits per heavy atom. The van der Waals surface area contributed by atoms with E-state index >= 15 is 0 Å². The number of aliphatic hydroxyl groups is 1. The summed E-state index contributed by atoms with van der Waals surface area (Å²) < 4.78 is 0. The highest BCUT2D eigenvalue weighted by Crippen LogP contribution is 2.34. The van der Waals surface area contributed by atoms with E-state index in [-0.39, 0.29) is 53.0 Å². The van der Waals surface area contributed by atoms with Gasteiger partial charge in [0.1, 0.15) is 0 Å². The van der Waals surface area contributed by atoms with Crippen LogP contribution in [0.5, 0.6) is 0 Å². The Morgan fingerprint density at radius 1 is 0.800 bits per heavy atom. The van der Waals surface area contributed by atoms with E-state index in [9.17, 15) is 19.5 Å². The number of amides is 1. The van der Waals surface area contributed by atoms with Gasteiger partial charge >= 0.3 is 0 Å². The van der Waals surface area contributed by atoms with Crippen molar-refractivity contribution in [2.45, 2.75) is 6.54 Å². The number of ketones is 2. The number of fused-ring (bicyclic) bond motifs is 2. The Bertz CT molecular complexity index is 1140. The zero-order chi connectivity index (χ0) is 21.1. The lowest BCUT2D eigenvalue weighted by Gasteiger charge is -2.23. The van der Waals surface area contributed by atoms with Crippen LogP contribution in [0.1, 0.15) is 47.8 Å². The van der Waals surface area contributed by atoms with Gasteiger partial charge in [0.15, 0.2) is 11.6 Å². The lowest BCUT2D eigenvalue weighted by molar-refractivity contribution is 0.0949. The van der Waals surface area contributed by atoms with Gasteiger partial charge in [-0.25, -0.2) is 0 Å². The number of carbonyl (C=O) groups excluding carboxylic acids is 3. The van der Waals surface area contributed by atoms with E-state index in [1.807, 2.05) is 30.3 Å². The average molecular weight is 400 g/mol. The van der Waals surface area contributed by atoms with Gasteiger partial charge in [0, 0.05) is 29.8 Å². The highest BCUT2D eigenvalue weighted by Gasteiger charge is 2.33. The molecular weight excluding hydrogens is 380 g/mol. The van der Waals surface area contributed by atoms with Crippen LogP contribution in [0, 0.1) is 0 Å². The molecule has 6 heteroatoms. The van der Waals surface area contributed by atoms with E-state index in [1.165, 1.54) is 12.1 Å². The molecule has 3 aromatic carbocycles. The fourth-order valence-electron chi connectivity index (χ4n) is 3.61. The van der Waals surface area contributed by atoms with Crippen molar-refractivity contribution in [1.82, 2.24) is 5.32 Å². The summed E-state index contributed by atoms with van der Waals surface area (Å²) in [7, 11) is 0. The molecule has 6 nitrogen and oxygen atoms in total. The number of benzene rings is 3. The molecular formula is C24H20N2O4. The molecule has 4 rings (SSSR count). The molecule has 1 aliphatic rings. The van der Waals surface area contributed by atoms with Crippen LogP contribution in [-0.4, -0.2) is 35.7 Å². The second-order valence-corrected chi connectivity index (χ2v) is 6.93. The normalized spacial score (nSPS) is 12.2. The molecule has 3 aromatic rings. The van der Waals surface area contributed by atoms with E-state index in [2.05, 4.69) is 10.6 Å². The smallest absolute Gasteiger partial charge is 0.253 e. The average Bonchev–Trinajstić information content (AvgIpc) is 2.79. The van der Waals surface area contributed by atoms with Crippen LogP contribution in [-0.2, 0) is 6.54 Å². The molecule has 150 valence electrons. The van der Waals surface area contributed by atoms with Gasteiger partial charge in [0.25, 0.3) is 5.91 Å². The van der Waals surface area contributed by atoms with E-state index in [0.29, 0.717) is 17.7 Å². The Hall–Kier alpha value is -3.77. The Kier molecular flexibility index (Phi) is 5.41. The largest absolute Gasteiger partial charge is 0.395 e. The molecule has 1 amide bonds. The monoisotopic (exact) mass is 400 g/mol. The summed E-state index contributed by atoms with van der Waals surface area (Å²) in [5, 5.41) is 15.1. The van der Waals surface area contributed by atoms with Gasteiger partial charge in [0.05, 0.1) is 23.4 Å². The zero-order valence-corrected chi connectivity index (χ0v) is 16.1. The minimum atomic E-state index is -0.374. The van der Waals surface area contributed by atoms with Crippen molar-refractivity contribution in [2.75, 3.05) is 18.5 Å². The van der Waals surface area contributed by atoms with E-state index in [4.69, 9.17) is 0 Å². The predicted molar refractivity (Wildman–Crippen MR) is 113 cm³/mol. The van der Waals surface area contributed by atoms with Crippen molar-refractivity contribution >= 4 is 23.2 Å². The molecule has 0 bridgehead atoms. The fourth-order valence-corrected chi connectivity index (χ4v) is 3.61. The number of aliphatic hydroxyl groups excluding tert-OH is 1. The highest BCUT2D eigenvalue weighted by atomic mass is 16.3. The third-order valence-electron chi connectivity index (χ3n) is 5.05. The van der Waals surface area contributed by atoms with Crippen LogP contribution >= 0.6 is 0 Å². The Morgan fingerprint density at radius 3 is 2.17 bits per heavy atom. The summed E-state index contributed by atoms with van der Waals surface area (Å²) in [6.45, 7) is 0.276. The summed E-state index contributed by atoms with van der Waals surface area (Å²) in [5.74, 6) is -0.956. The maximum Gasteiger partial charge on any atom is 0.253 e. The summed E-state index contributed by atoms with van der Waals surface area (Å²) in [4.78, 5) is 39.1. The van der Waals surface area contributed by atoms with E-state index in [1.54, 1.807) is 24.3 Å². The number of hydrogen-bond acceptors (Lipinski definition) is 5. The van der Waals surface area contributed by atoms with Gasteiger partial charge in [-0.3, -0.25) is 14.4 Å². The van der Waals surface area contributed by atoms with Gasteiger partial charge in [-0.15, -0.1) is 0 Å². The summed E-state index contributed by atoms with van der Waals surface area (Å²) in [6.07, 6.45) is 0. The van der Waals surface area contributed by atoms with Crippen LogP contribution in [0.2, 0.25) is 0 Å². The molecule has 0 heterocycles. The van der Waals surface area contributed by atoms with Crippen molar-refractivity contribution in [2.24, 2.45) is 0 Å². The van der Waals surface area contributed by atoms with Crippen molar-refractivity contribution in [3.63, 3.8) is 0 Å². The van der Waals surface area contributed by atoms with Gasteiger partial charge < -0.3 is 15.7 Å². The molecule has 30 heavy (non-hydrogen) atoms. The van der Waals surface area contributed by atoms with Crippen molar-refractivity contribution in [3.05, 3.63) is 100 Å². The molecule has 0 saturated heterocycles. The molecule has 0 radical (unpaired) electrons. The van der Waals surface area contributed by atoms with E-state index < -0.39 is 0 Å². The first-order chi connectivity index (χ1) is 14.6. The Labute approximate surface area is 173 Å². The number of anilines is 1. The second kappa shape index (κ2) is 8.31. The molecule has 0 spiro atoms. The van der Waals surface area contributed by atoms with Crippen LogP contribution in [0.4, 0.5) is 5.69 Å². The van der Waals surface area contributed by atoms with Crippen LogP contribution in [0.25, 0.3) is 0 Å². The first-order valence-corrected chi connectivity index (χ1v) is 9.64. The van der Waals surface area contributed by atoms with Gasteiger partial charge in [-0.2, -0.15) is 0 Å². The van der Waals surface area contributed by atoms with Crippen molar-refractivity contribution in [1.29, 1.82) is 0 Å². The zero-order valence-electron chi connectivity index (χ0n) is 16.1. The lowest BCUT2D eigenvalue weighted by Crippen LogP contribution is -2.28. The molecule has 3 N–H and O–H groups in total. The fraction of sp³-hybridized carbons (Fsp3) is 0.125. The first-order valence-electron chi connectivity index (χ1n) is 9.64. The van der Waals surface area contributed by atoms with Gasteiger partial charge in [0.2, 0.25) is 0 Å². The Balaban J connectivity index is 1.74. The molecule has 0 unspecified atom stereocenters. The van der Waals surface area contributed by atoms with Crippen LogP contribution < -0.4 is 10.6 Å². The minimum absolute atomic E-state index is 0.137. The molecule has 1 aliphatic carbocycles. The predicted octanol–water partition coefficient (Wildman–Crippen LogP) is 2.80. The third-order valence-corrected chi connectivity index (χ3v) is 5.05. The SMILES string of the molecule is O=C(NCc1ccccc1)c1ccc2c(c1NCCO)C(=O)c1ccccc1C2=O. The summed E-state index contributed by atoms with van der Waals surface area (Å²) >= 11 is 0. The maximum atomic E-state index is 13.2. The quantitative estimate of drug-likeness (QED) is 0.463. The maximum absolute atomic E-state index is 13.2. The summed E-state index contributed by atoms with van der Waals surface area (Å²) in [6, 6.07) is 19.2. The summed E-state index contributed by atoms with van der Waals surface area (Å²) in [5.41, 5.74) is 2.53. The minimum Gasteiger partial charge on any atom is -0.395 e. The highest BCUT2D eigenvalue weighted by molar-refractivity contribution is 6.31. The first kappa shape index (κ1) is 19.5. The molecule has 0 fully saturated rings. The topological polar surface area (TPSA) is 95.5 Å². The van der Waals surface area contributed by atoms with Crippen molar-refractivity contribution in [3.8, 4) is 0 Å². The number of rotatable bonds is 6. The van der Waals surface area contributed by atoms with Gasteiger partial charge in [-0.1, -0.05) is 54.6 Å². The second-order valence-electron chi connectivity index (χ2n) is 6.93. The van der Waals surface area contributed by atoms with Crippen molar-refractivity contribution < 1.29 is 19.5 Å². The van der Waals surface area contributed by atoms with Crippen LogP contribution in [0.15, 0.2) is 66.7 Å². The molecule has 0 aliphatic heterocycles. The van der Waals surface area contributed by atoms with Crippen LogP contribution in [0.3, 0.4) is 0 Å².